The maximum Gasteiger partial charge on any atom is 0.349 e. The minimum atomic E-state index is -1.08. The van der Waals surface area contributed by atoms with Gasteiger partial charge in [-0.3, -0.25) is 4.79 Å². The Morgan fingerprint density at radius 2 is 1.61 bits per heavy atom. The van der Waals surface area contributed by atoms with Gasteiger partial charge in [0.1, 0.15) is 11.6 Å². The minimum Gasteiger partial charge on any atom is -0.448 e. The quantitative estimate of drug-likeness (QED) is 0.347. The van der Waals surface area contributed by atoms with E-state index in [2.05, 4.69) is 5.32 Å². The Bertz CT molecular complexity index is 1140. The van der Waals surface area contributed by atoms with Gasteiger partial charge in [0.05, 0.1) is 0 Å². The molecule has 0 bridgehead atoms. The maximum absolute atomic E-state index is 12.6. The van der Waals surface area contributed by atoms with Crippen LogP contribution in [0.15, 0.2) is 84.4 Å². The first-order chi connectivity index (χ1) is 15.0. The summed E-state index contributed by atoms with van der Waals surface area (Å²) in [5.41, 5.74) is 4.01. The highest BCUT2D eigenvalue weighted by Gasteiger charge is 2.21. The number of nitrogens with one attached hydrogen (secondary N) is 1. The number of anilines is 1. The average molecular weight is 410 g/mol. The molecule has 0 heterocycles. The zero-order valence-corrected chi connectivity index (χ0v) is 17.3. The van der Waals surface area contributed by atoms with Crippen LogP contribution in [0.4, 0.5) is 5.69 Å². The molecule has 0 aliphatic carbocycles. The largest absolute Gasteiger partial charge is 0.448 e. The molecule has 5 nitrogen and oxygen atoms in total. The van der Waals surface area contributed by atoms with E-state index in [0.717, 1.165) is 16.7 Å². The number of ether oxygens (including phenoxy) is 1. The van der Waals surface area contributed by atoms with Gasteiger partial charge in [-0.05, 0) is 37.1 Å². The number of benzene rings is 3. The zero-order chi connectivity index (χ0) is 22.2. The number of amides is 1. The van der Waals surface area contributed by atoms with Gasteiger partial charge >= 0.3 is 5.97 Å². The molecule has 154 valence electrons. The third-order valence-electron chi connectivity index (χ3n) is 4.65. The Morgan fingerprint density at radius 3 is 2.29 bits per heavy atom. The second-order valence-electron chi connectivity index (χ2n) is 7.03. The zero-order valence-electron chi connectivity index (χ0n) is 17.3. The molecule has 0 saturated heterocycles. The molecule has 1 amide bonds. The number of esters is 1. The highest BCUT2D eigenvalue weighted by molar-refractivity contribution is 6.02. The van der Waals surface area contributed by atoms with Gasteiger partial charge in [-0.15, -0.1) is 0 Å². The number of para-hydroxylation sites is 1. The van der Waals surface area contributed by atoms with Crippen LogP contribution in [-0.2, 0) is 14.3 Å². The summed E-state index contributed by atoms with van der Waals surface area (Å²) in [4.78, 5) is 25.1. The molecule has 0 aliphatic rings. The molecule has 5 heteroatoms. The average Bonchev–Trinajstić information content (AvgIpc) is 2.79. The smallest absolute Gasteiger partial charge is 0.349 e. The Morgan fingerprint density at radius 1 is 0.968 bits per heavy atom. The Balaban J connectivity index is 1.70. The van der Waals surface area contributed by atoms with Crippen molar-refractivity contribution in [3.8, 4) is 17.2 Å². The third kappa shape index (κ3) is 5.68. The molecule has 0 radical (unpaired) electrons. The van der Waals surface area contributed by atoms with Gasteiger partial charge in [-0.1, -0.05) is 78.4 Å². The lowest BCUT2D eigenvalue weighted by molar-refractivity contribution is -0.148. The fraction of sp³-hybridized carbons (Fsp3) is 0.115. The predicted octanol–water partition coefficient (Wildman–Crippen LogP) is 5.14. The molecule has 0 fully saturated rings. The molecule has 0 aliphatic heterocycles. The fourth-order valence-corrected chi connectivity index (χ4v) is 2.94. The summed E-state index contributed by atoms with van der Waals surface area (Å²) in [6, 6.07) is 26.3. The van der Waals surface area contributed by atoms with Crippen LogP contribution in [0.3, 0.4) is 0 Å². The second kappa shape index (κ2) is 10.0. The molecular formula is C26H22N2O3. The van der Waals surface area contributed by atoms with Crippen LogP contribution < -0.4 is 5.32 Å². The molecule has 0 unspecified atom stereocenters. The van der Waals surface area contributed by atoms with Crippen LogP contribution >= 0.6 is 0 Å². The summed E-state index contributed by atoms with van der Waals surface area (Å²) < 4.78 is 5.24. The highest BCUT2D eigenvalue weighted by atomic mass is 16.5. The molecule has 3 rings (SSSR count). The Kier molecular flexibility index (Phi) is 6.97. The van der Waals surface area contributed by atoms with Gasteiger partial charge in [-0.2, -0.15) is 5.26 Å². The van der Waals surface area contributed by atoms with Crippen molar-refractivity contribution in [2.75, 3.05) is 5.32 Å². The first kappa shape index (κ1) is 21.5. The van der Waals surface area contributed by atoms with Crippen molar-refractivity contribution in [2.45, 2.75) is 20.0 Å². The minimum absolute atomic E-state index is 0.173. The van der Waals surface area contributed by atoms with Crippen LogP contribution in [0.5, 0.6) is 0 Å². The topological polar surface area (TPSA) is 79.2 Å². The van der Waals surface area contributed by atoms with Gasteiger partial charge in [0.15, 0.2) is 6.10 Å². The van der Waals surface area contributed by atoms with E-state index in [-0.39, 0.29) is 5.57 Å². The van der Waals surface area contributed by atoms with Crippen molar-refractivity contribution in [1.82, 2.24) is 0 Å². The van der Waals surface area contributed by atoms with Crippen molar-refractivity contribution in [3.05, 3.63) is 95.6 Å². The fourth-order valence-electron chi connectivity index (χ4n) is 2.94. The molecule has 0 spiro atoms. The first-order valence-electron chi connectivity index (χ1n) is 9.82. The van der Waals surface area contributed by atoms with Crippen molar-refractivity contribution in [1.29, 1.82) is 5.26 Å². The number of carbonyl (C=O) groups excluding carboxylic acids is 2. The van der Waals surface area contributed by atoms with Crippen LogP contribution in [0.25, 0.3) is 17.2 Å². The number of carbonyl (C=O) groups is 2. The monoisotopic (exact) mass is 410 g/mol. The highest BCUT2D eigenvalue weighted by Crippen LogP contribution is 2.27. The summed E-state index contributed by atoms with van der Waals surface area (Å²) in [5.74, 6) is -1.33. The van der Waals surface area contributed by atoms with E-state index in [9.17, 15) is 14.9 Å². The number of nitrogens with zero attached hydrogens (tertiary/aromatic N) is 1. The number of rotatable bonds is 6. The standard InChI is InChI=1S/C26H22N2O3/c1-18-12-14-20(15-13-18)16-22(17-27)26(30)31-19(2)25(29)28-24-11-7-6-10-23(24)21-8-4-3-5-9-21/h3-16,19H,1-2H3,(H,28,29)/b22-16+/t19-/m1/s1. The molecule has 0 aromatic heterocycles. The summed E-state index contributed by atoms with van der Waals surface area (Å²) in [7, 11) is 0. The third-order valence-corrected chi connectivity index (χ3v) is 4.65. The van der Waals surface area contributed by atoms with Crippen molar-refractivity contribution in [3.63, 3.8) is 0 Å². The summed E-state index contributed by atoms with van der Waals surface area (Å²) in [6.07, 6.45) is 0.364. The van der Waals surface area contributed by atoms with Crippen LogP contribution in [-0.4, -0.2) is 18.0 Å². The van der Waals surface area contributed by atoms with E-state index in [4.69, 9.17) is 4.74 Å². The second-order valence-corrected chi connectivity index (χ2v) is 7.03. The Hall–Kier alpha value is -4.17. The van der Waals surface area contributed by atoms with Crippen molar-refractivity contribution < 1.29 is 14.3 Å². The number of aryl methyl sites for hydroxylation is 1. The number of hydrogen-bond acceptors (Lipinski definition) is 4. The SMILES string of the molecule is Cc1ccc(/C=C(\C#N)C(=O)O[C@H](C)C(=O)Nc2ccccc2-c2ccccc2)cc1. The van der Waals surface area contributed by atoms with Crippen LogP contribution in [0.1, 0.15) is 18.1 Å². The molecule has 31 heavy (non-hydrogen) atoms. The number of nitriles is 1. The lowest BCUT2D eigenvalue weighted by Gasteiger charge is -2.15. The van der Waals surface area contributed by atoms with E-state index in [0.29, 0.717) is 11.3 Å². The Labute approximate surface area is 181 Å². The van der Waals surface area contributed by atoms with Crippen molar-refractivity contribution in [2.24, 2.45) is 0 Å². The lowest BCUT2D eigenvalue weighted by atomic mass is 10.0. The van der Waals surface area contributed by atoms with E-state index in [1.54, 1.807) is 18.2 Å². The van der Waals surface area contributed by atoms with Gasteiger partial charge in [-0.25, -0.2) is 4.79 Å². The van der Waals surface area contributed by atoms with Gasteiger partial charge in [0.2, 0.25) is 0 Å². The molecule has 0 saturated carbocycles. The van der Waals surface area contributed by atoms with Gasteiger partial charge in [0, 0.05) is 11.3 Å². The van der Waals surface area contributed by atoms with Gasteiger partial charge in [0.25, 0.3) is 5.91 Å². The first-order valence-corrected chi connectivity index (χ1v) is 9.82. The van der Waals surface area contributed by atoms with Crippen molar-refractivity contribution >= 4 is 23.6 Å². The molecule has 3 aromatic rings. The summed E-state index contributed by atoms with van der Waals surface area (Å²) in [6.45, 7) is 3.42. The summed E-state index contributed by atoms with van der Waals surface area (Å²) >= 11 is 0. The van der Waals surface area contributed by atoms with E-state index in [1.807, 2.05) is 73.7 Å². The summed E-state index contributed by atoms with van der Waals surface area (Å²) in [5, 5.41) is 12.2. The normalized spacial score (nSPS) is 11.8. The predicted molar refractivity (Wildman–Crippen MR) is 121 cm³/mol. The lowest BCUT2D eigenvalue weighted by Crippen LogP contribution is -2.30. The van der Waals surface area contributed by atoms with Crippen LogP contribution in [0.2, 0.25) is 0 Å². The molecule has 3 aromatic carbocycles. The molecule has 1 N–H and O–H groups in total. The van der Waals surface area contributed by atoms with E-state index in [1.165, 1.54) is 13.0 Å². The molecular weight excluding hydrogens is 388 g/mol. The maximum atomic E-state index is 12.6. The molecule has 1 atom stereocenters. The van der Waals surface area contributed by atoms with Crippen LogP contribution in [0, 0.1) is 18.3 Å². The number of hydrogen-bond donors (Lipinski definition) is 1. The van der Waals surface area contributed by atoms with E-state index >= 15 is 0 Å². The van der Waals surface area contributed by atoms with Gasteiger partial charge < -0.3 is 10.1 Å². The van der Waals surface area contributed by atoms with E-state index < -0.39 is 18.0 Å².